The summed E-state index contributed by atoms with van der Waals surface area (Å²) in [6.07, 6.45) is 13.2. The predicted molar refractivity (Wildman–Crippen MR) is 147 cm³/mol. The van der Waals surface area contributed by atoms with Crippen molar-refractivity contribution in [3.05, 3.63) is 66.9 Å². The van der Waals surface area contributed by atoms with Crippen LogP contribution in [0.4, 0.5) is 0 Å². The Balaban J connectivity index is -0.000000426. The number of nitrogens with zero attached hydrogens (tertiary/aromatic N) is 4. The molecular formula is C28H48N4O. The maximum atomic E-state index is 10.1. The number of hydrogen-bond acceptors (Lipinski definition) is 5. The Hall–Kier alpha value is -2.82. The molecule has 5 nitrogen and oxygen atoms in total. The number of rotatable bonds is 7. The zero-order chi connectivity index (χ0) is 26.4. The molecule has 5 heteroatoms. The molecule has 1 rings (SSSR count). The summed E-state index contributed by atoms with van der Waals surface area (Å²) in [7, 11) is 0. The second kappa shape index (κ2) is 22.4. The molecule has 1 aromatic heterocycles. The van der Waals surface area contributed by atoms with Gasteiger partial charge in [0.2, 0.25) is 0 Å². The molecule has 186 valence electrons. The molecule has 1 aromatic rings. The minimum atomic E-state index is 0.213. The minimum Gasteiger partial charge on any atom is -0.300 e. The molecule has 0 aliphatic heterocycles. The van der Waals surface area contributed by atoms with Crippen molar-refractivity contribution < 1.29 is 4.79 Å². The van der Waals surface area contributed by atoms with Gasteiger partial charge in [-0.15, -0.1) is 6.58 Å². The van der Waals surface area contributed by atoms with E-state index in [2.05, 4.69) is 62.0 Å². The zero-order valence-corrected chi connectivity index (χ0v) is 23.0. The van der Waals surface area contributed by atoms with Crippen LogP contribution in [0.25, 0.3) is 5.57 Å². The molecule has 0 aliphatic carbocycles. The quantitative estimate of drug-likeness (QED) is 0.183. The maximum absolute atomic E-state index is 10.1. The van der Waals surface area contributed by atoms with E-state index in [1.807, 2.05) is 71.2 Å². The fourth-order valence-corrected chi connectivity index (χ4v) is 1.63. The van der Waals surface area contributed by atoms with Crippen LogP contribution in [0.5, 0.6) is 0 Å². The second-order valence-electron chi connectivity index (χ2n) is 7.87. The number of carbonyl (C=O) groups excluding carboxylic acids is 1. The van der Waals surface area contributed by atoms with Crippen molar-refractivity contribution in [3.8, 4) is 0 Å². The molecule has 0 aromatic carbocycles. The average molecular weight is 457 g/mol. The van der Waals surface area contributed by atoms with E-state index in [4.69, 9.17) is 0 Å². The summed E-state index contributed by atoms with van der Waals surface area (Å²) in [5, 5.41) is 5.93. The number of aromatic nitrogens is 2. The van der Waals surface area contributed by atoms with Gasteiger partial charge in [-0.1, -0.05) is 58.1 Å². The average Bonchev–Trinajstić information content (AvgIpc) is 2.75. The lowest BCUT2D eigenvalue weighted by Crippen LogP contribution is -2.07. The Kier molecular flexibility index (Phi) is 23.6. The Morgan fingerprint density at radius 2 is 1.55 bits per heavy atom. The highest BCUT2D eigenvalue weighted by Crippen LogP contribution is 2.17. The van der Waals surface area contributed by atoms with Gasteiger partial charge in [0.1, 0.15) is 11.6 Å². The number of carbonyl (C=O) groups is 1. The van der Waals surface area contributed by atoms with Crippen molar-refractivity contribution in [1.82, 2.24) is 15.0 Å². The van der Waals surface area contributed by atoms with Gasteiger partial charge in [-0.3, -0.25) is 9.80 Å². The molecule has 0 atom stereocenters. The molecular weight excluding hydrogens is 408 g/mol. The monoisotopic (exact) mass is 456 g/mol. The van der Waals surface area contributed by atoms with E-state index in [9.17, 15) is 4.79 Å². The van der Waals surface area contributed by atoms with Crippen LogP contribution in [0.1, 0.15) is 80.6 Å². The van der Waals surface area contributed by atoms with Gasteiger partial charge in [-0.05, 0) is 60.0 Å². The van der Waals surface area contributed by atoms with Gasteiger partial charge in [0.25, 0.3) is 0 Å². The molecule has 0 unspecified atom stereocenters. The van der Waals surface area contributed by atoms with Crippen LogP contribution >= 0.6 is 0 Å². The largest absolute Gasteiger partial charge is 0.300 e. The smallest absolute Gasteiger partial charge is 0.132 e. The summed E-state index contributed by atoms with van der Waals surface area (Å²) in [4.78, 5) is 18.4. The van der Waals surface area contributed by atoms with Gasteiger partial charge in [0.15, 0.2) is 0 Å². The first-order valence-corrected chi connectivity index (χ1v) is 11.5. The summed E-state index contributed by atoms with van der Waals surface area (Å²) < 4.78 is 0. The van der Waals surface area contributed by atoms with E-state index in [0.717, 1.165) is 23.5 Å². The number of aryl methyl sites for hydroxylation is 1. The van der Waals surface area contributed by atoms with Crippen LogP contribution in [0.3, 0.4) is 0 Å². The molecule has 0 radical (unpaired) electrons. The van der Waals surface area contributed by atoms with E-state index >= 15 is 0 Å². The van der Waals surface area contributed by atoms with Crippen molar-refractivity contribution in [2.45, 2.75) is 76.2 Å². The van der Waals surface area contributed by atoms with Crippen molar-refractivity contribution >= 4 is 17.6 Å². The van der Waals surface area contributed by atoms with Crippen molar-refractivity contribution in [3.63, 3.8) is 0 Å². The van der Waals surface area contributed by atoms with E-state index < -0.39 is 0 Å². The number of hydrogen-bond donors (Lipinski definition) is 0. The molecule has 0 amide bonds. The first kappa shape index (κ1) is 34.8. The first-order chi connectivity index (χ1) is 15.4. The van der Waals surface area contributed by atoms with Crippen LogP contribution in [-0.2, 0) is 4.79 Å². The van der Waals surface area contributed by atoms with Crippen LogP contribution in [0.2, 0.25) is 0 Å². The lowest BCUT2D eigenvalue weighted by molar-refractivity contribution is -0.119. The second-order valence-corrected chi connectivity index (χ2v) is 7.87. The highest BCUT2D eigenvalue weighted by Gasteiger charge is 2.00. The minimum absolute atomic E-state index is 0.213. The van der Waals surface area contributed by atoms with Gasteiger partial charge in [-0.25, -0.2) is 9.97 Å². The number of Topliss-reactive ketones (excluding diaryl/α,β-unsaturated/α-hetero) is 1. The summed E-state index contributed by atoms with van der Waals surface area (Å²) in [5.74, 6) is 1.81. The molecule has 0 aliphatic rings. The number of ketones is 1. The molecule has 0 spiro atoms. The Morgan fingerprint density at radius 3 is 1.85 bits per heavy atom. The van der Waals surface area contributed by atoms with Gasteiger partial charge in [-0.2, -0.15) is 5.10 Å². The molecule has 0 saturated carbocycles. The third-order valence-corrected chi connectivity index (χ3v) is 4.19. The van der Waals surface area contributed by atoms with Crippen LogP contribution < -0.4 is 0 Å². The van der Waals surface area contributed by atoms with Crippen LogP contribution in [0.15, 0.2) is 60.7 Å². The Labute approximate surface area is 204 Å². The highest BCUT2D eigenvalue weighted by atomic mass is 16.1. The van der Waals surface area contributed by atoms with Gasteiger partial charge >= 0.3 is 0 Å². The lowest BCUT2D eigenvalue weighted by Gasteiger charge is -2.08. The van der Waals surface area contributed by atoms with Gasteiger partial charge < -0.3 is 0 Å². The molecule has 0 bridgehead atoms. The van der Waals surface area contributed by atoms with E-state index in [1.54, 1.807) is 19.2 Å². The van der Waals surface area contributed by atoms with Crippen LogP contribution in [-0.4, -0.2) is 33.5 Å². The highest BCUT2D eigenvalue weighted by molar-refractivity contribution is 5.77. The summed E-state index contributed by atoms with van der Waals surface area (Å²) in [6.45, 7) is 29.9. The standard InChI is InChI=1S/C13H18N2.C7H14N2.C5H10O.C3H6/c1-9(2)10(3)6-11(4)13-7-14-12(5)15-8-13;1-4-7-9(6-3)8-5-2;1-4(2)5(3)6;1-3-2/h6-9H,4H2,1-3,5H3;4-5,7H,6H2,1-3H3;4H,1-3H3;3H,1H2,2H3/b10-6-;7-4-,8-5+;;. The zero-order valence-electron chi connectivity index (χ0n) is 23.0. The lowest BCUT2D eigenvalue weighted by atomic mass is 10.0. The molecule has 0 fully saturated rings. The maximum Gasteiger partial charge on any atom is 0.132 e. The Bertz CT molecular complexity index is 730. The van der Waals surface area contributed by atoms with E-state index in [1.165, 1.54) is 5.57 Å². The summed E-state index contributed by atoms with van der Waals surface area (Å²) in [5.41, 5.74) is 3.28. The number of allylic oxidation sites excluding steroid dienone is 5. The molecule has 1 heterocycles. The fraction of sp³-hybridized carbons (Fsp3) is 0.500. The topological polar surface area (TPSA) is 58.5 Å². The van der Waals surface area contributed by atoms with Crippen molar-refractivity contribution in [2.24, 2.45) is 16.9 Å². The van der Waals surface area contributed by atoms with Gasteiger partial charge in [0, 0.05) is 42.8 Å². The summed E-state index contributed by atoms with van der Waals surface area (Å²) in [6, 6.07) is 0. The fourth-order valence-electron chi connectivity index (χ4n) is 1.63. The van der Waals surface area contributed by atoms with Crippen molar-refractivity contribution in [1.29, 1.82) is 0 Å². The SMILES string of the molecule is C/C=C\N(CC)/N=C/C.C=C(/C=C(/C)C(C)C)c1cnc(C)nc1.C=CC.CC(=O)C(C)C. The number of hydrazone groups is 1. The normalized spacial score (nSPS) is 10.6. The van der Waals surface area contributed by atoms with Gasteiger partial charge in [0.05, 0.1) is 0 Å². The third kappa shape index (κ3) is 22.2. The first-order valence-electron chi connectivity index (χ1n) is 11.5. The third-order valence-electron chi connectivity index (χ3n) is 4.19. The summed E-state index contributed by atoms with van der Waals surface area (Å²) >= 11 is 0. The molecule has 33 heavy (non-hydrogen) atoms. The predicted octanol–water partition coefficient (Wildman–Crippen LogP) is 7.67. The molecule has 0 saturated heterocycles. The van der Waals surface area contributed by atoms with Crippen LogP contribution in [0, 0.1) is 18.8 Å². The van der Waals surface area contributed by atoms with Crippen molar-refractivity contribution in [2.75, 3.05) is 6.54 Å². The van der Waals surface area contributed by atoms with E-state index in [-0.39, 0.29) is 11.7 Å². The Morgan fingerprint density at radius 1 is 1.09 bits per heavy atom. The van der Waals surface area contributed by atoms with E-state index in [0.29, 0.717) is 5.92 Å². The molecule has 0 N–H and O–H groups in total.